The average molecular weight is 355 g/mol. The van der Waals surface area contributed by atoms with E-state index in [2.05, 4.69) is 27.8 Å². The van der Waals surface area contributed by atoms with Crippen LogP contribution in [0.4, 0.5) is 0 Å². The Kier molecular flexibility index (Phi) is 5.65. The first-order valence-electron chi connectivity index (χ1n) is 9.02. The van der Waals surface area contributed by atoms with E-state index in [4.69, 9.17) is 0 Å². The van der Waals surface area contributed by atoms with Crippen molar-refractivity contribution in [3.8, 4) is 0 Å². The van der Waals surface area contributed by atoms with E-state index in [0.29, 0.717) is 19.5 Å². The zero-order valence-electron chi connectivity index (χ0n) is 15.3. The number of carbonyl (C=O) groups excluding carboxylic acids is 2. The van der Waals surface area contributed by atoms with E-state index in [1.54, 1.807) is 6.20 Å². The van der Waals surface area contributed by atoms with Crippen LogP contribution in [0.3, 0.4) is 0 Å². The first-order valence-corrected chi connectivity index (χ1v) is 9.02. The first kappa shape index (κ1) is 18.1. The van der Waals surface area contributed by atoms with Crippen molar-refractivity contribution in [3.63, 3.8) is 0 Å². The summed E-state index contributed by atoms with van der Waals surface area (Å²) in [5, 5.41) is 11.0. The van der Waals surface area contributed by atoms with Gasteiger partial charge in [-0.05, 0) is 17.9 Å². The third-order valence-corrected chi connectivity index (χ3v) is 4.55. The number of hydrogen-bond acceptors (Lipinski definition) is 4. The van der Waals surface area contributed by atoms with Gasteiger partial charge in [0.2, 0.25) is 11.8 Å². The molecule has 0 saturated carbocycles. The summed E-state index contributed by atoms with van der Waals surface area (Å²) < 4.78 is 1.54. The van der Waals surface area contributed by atoms with Gasteiger partial charge in [0.25, 0.3) is 0 Å². The number of aromatic nitrogens is 3. The molecule has 0 aliphatic carbocycles. The van der Waals surface area contributed by atoms with Gasteiger partial charge in [-0.25, -0.2) is 4.68 Å². The Balaban J connectivity index is 1.46. The highest BCUT2D eigenvalue weighted by molar-refractivity contribution is 5.82. The molecule has 2 amide bonds. The molecule has 1 aliphatic rings. The second-order valence-corrected chi connectivity index (χ2v) is 7.04. The first-order chi connectivity index (χ1) is 12.5. The highest BCUT2D eigenvalue weighted by Gasteiger charge is 2.30. The fourth-order valence-corrected chi connectivity index (χ4v) is 3.07. The predicted molar refractivity (Wildman–Crippen MR) is 97.4 cm³/mol. The van der Waals surface area contributed by atoms with Crippen LogP contribution >= 0.6 is 0 Å². The zero-order chi connectivity index (χ0) is 18.5. The van der Waals surface area contributed by atoms with Crippen LogP contribution < -0.4 is 5.32 Å². The molecule has 7 nitrogen and oxygen atoms in total. The van der Waals surface area contributed by atoms with Crippen LogP contribution in [0.15, 0.2) is 36.5 Å². The van der Waals surface area contributed by atoms with Crippen molar-refractivity contribution in [2.24, 2.45) is 0 Å². The molecular weight excluding hydrogens is 330 g/mol. The SMILES string of the molecule is CC(C)c1cn(CC(=O)N[C@H]2CC(=O)N(CCc3ccccc3)C2)nn1. The highest BCUT2D eigenvalue weighted by atomic mass is 16.2. The lowest BCUT2D eigenvalue weighted by Gasteiger charge is -2.17. The van der Waals surface area contributed by atoms with E-state index in [1.165, 1.54) is 10.2 Å². The molecule has 1 aliphatic heterocycles. The average Bonchev–Trinajstić information content (AvgIpc) is 3.20. The zero-order valence-corrected chi connectivity index (χ0v) is 15.3. The maximum atomic E-state index is 12.2. The topological polar surface area (TPSA) is 80.1 Å². The Morgan fingerprint density at radius 3 is 2.77 bits per heavy atom. The molecule has 1 atom stereocenters. The quantitative estimate of drug-likeness (QED) is 0.813. The normalized spacial score (nSPS) is 17.1. The Labute approximate surface area is 153 Å². The Bertz CT molecular complexity index is 756. The van der Waals surface area contributed by atoms with Gasteiger partial charge >= 0.3 is 0 Å². The van der Waals surface area contributed by atoms with Crippen molar-refractivity contribution in [1.29, 1.82) is 0 Å². The molecule has 1 saturated heterocycles. The minimum Gasteiger partial charge on any atom is -0.349 e. The molecule has 1 N–H and O–H groups in total. The van der Waals surface area contributed by atoms with Crippen molar-refractivity contribution in [3.05, 3.63) is 47.8 Å². The van der Waals surface area contributed by atoms with E-state index in [1.807, 2.05) is 36.9 Å². The predicted octanol–water partition coefficient (Wildman–Crippen LogP) is 1.36. The van der Waals surface area contributed by atoms with Gasteiger partial charge in [0, 0.05) is 25.7 Å². The standard InChI is InChI=1S/C19H25N5O2/c1-14(2)17-12-24(22-21-17)13-18(25)20-16-10-19(26)23(11-16)9-8-15-6-4-3-5-7-15/h3-7,12,14,16H,8-11,13H2,1-2H3,(H,20,25)/t16-/m0/s1. The Hall–Kier alpha value is -2.70. The van der Waals surface area contributed by atoms with Gasteiger partial charge in [-0.2, -0.15) is 0 Å². The van der Waals surface area contributed by atoms with Gasteiger partial charge < -0.3 is 10.2 Å². The smallest absolute Gasteiger partial charge is 0.242 e. The van der Waals surface area contributed by atoms with Gasteiger partial charge in [-0.1, -0.05) is 49.4 Å². The Morgan fingerprint density at radius 1 is 1.31 bits per heavy atom. The second-order valence-electron chi connectivity index (χ2n) is 7.04. The molecule has 0 spiro atoms. The summed E-state index contributed by atoms with van der Waals surface area (Å²) in [6.45, 7) is 5.42. The van der Waals surface area contributed by atoms with Gasteiger partial charge in [0.1, 0.15) is 6.54 Å². The largest absolute Gasteiger partial charge is 0.349 e. The molecule has 0 unspecified atom stereocenters. The lowest BCUT2D eigenvalue weighted by atomic mass is 10.1. The van der Waals surface area contributed by atoms with E-state index in [9.17, 15) is 9.59 Å². The van der Waals surface area contributed by atoms with Crippen LogP contribution in [0.25, 0.3) is 0 Å². The molecule has 26 heavy (non-hydrogen) atoms. The molecule has 1 aromatic heterocycles. The second kappa shape index (κ2) is 8.12. The van der Waals surface area contributed by atoms with Crippen LogP contribution in [0.1, 0.15) is 37.4 Å². The summed E-state index contributed by atoms with van der Waals surface area (Å²) in [6.07, 6.45) is 2.97. The van der Waals surface area contributed by atoms with Crippen molar-refractivity contribution in [1.82, 2.24) is 25.2 Å². The molecule has 0 bridgehead atoms. The summed E-state index contributed by atoms with van der Waals surface area (Å²) >= 11 is 0. The van der Waals surface area contributed by atoms with Crippen LogP contribution in [-0.2, 0) is 22.6 Å². The summed E-state index contributed by atoms with van der Waals surface area (Å²) in [7, 11) is 0. The monoisotopic (exact) mass is 355 g/mol. The molecule has 0 radical (unpaired) electrons. The molecule has 2 heterocycles. The maximum absolute atomic E-state index is 12.2. The van der Waals surface area contributed by atoms with Crippen molar-refractivity contribution in [2.45, 2.75) is 45.2 Å². The molecule has 7 heteroatoms. The Morgan fingerprint density at radius 2 is 2.08 bits per heavy atom. The summed E-state index contributed by atoms with van der Waals surface area (Å²) in [6, 6.07) is 9.96. The highest BCUT2D eigenvalue weighted by Crippen LogP contribution is 2.13. The minimum atomic E-state index is -0.145. The molecule has 3 rings (SSSR count). The van der Waals surface area contributed by atoms with Gasteiger partial charge in [0.15, 0.2) is 0 Å². The van der Waals surface area contributed by atoms with Gasteiger partial charge in [-0.3, -0.25) is 9.59 Å². The number of nitrogens with zero attached hydrogens (tertiary/aromatic N) is 4. The summed E-state index contributed by atoms with van der Waals surface area (Å²) in [4.78, 5) is 26.2. The minimum absolute atomic E-state index is 0.0917. The van der Waals surface area contributed by atoms with Crippen LogP contribution in [0.2, 0.25) is 0 Å². The number of benzene rings is 1. The van der Waals surface area contributed by atoms with E-state index in [-0.39, 0.29) is 30.3 Å². The number of nitrogens with one attached hydrogen (secondary N) is 1. The fraction of sp³-hybridized carbons (Fsp3) is 0.474. The van der Waals surface area contributed by atoms with Crippen LogP contribution in [0.5, 0.6) is 0 Å². The number of hydrogen-bond donors (Lipinski definition) is 1. The van der Waals surface area contributed by atoms with Gasteiger partial charge in [0.05, 0.1) is 11.7 Å². The third kappa shape index (κ3) is 4.68. The third-order valence-electron chi connectivity index (χ3n) is 4.55. The van der Waals surface area contributed by atoms with Crippen LogP contribution in [0, 0.1) is 0 Å². The van der Waals surface area contributed by atoms with Gasteiger partial charge in [-0.15, -0.1) is 5.10 Å². The van der Waals surface area contributed by atoms with E-state index in [0.717, 1.165) is 12.1 Å². The number of rotatable bonds is 7. The van der Waals surface area contributed by atoms with Crippen molar-refractivity contribution < 1.29 is 9.59 Å². The lowest BCUT2D eigenvalue weighted by molar-refractivity contribution is -0.127. The molecular formula is C19H25N5O2. The maximum Gasteiger partial charge on any atom is 0.242 e. The molecule has 2 aromatic rings. The number of amides is 2. The molecule has 138 valence electrons. The van der Waals surface area contributed by atoms with E-state index >= 15 is 0 Å². The lowest BCUT2D eigenvalue weighted by Crippen LogP contribution is -2.39. The molecule has 1 aromatic carbocycles. The number of carbonyl (C=O) groups is 2. The molecule has 1 fully saturated rings. The van der Waals surface area contributed by atoms with Crippen LogP contribution in [-0.4, -0.2) is 50.8 Å². The summed E-state index contributed by atoms with van der Waals surface area (Å²) in [5.74, 6) is 0.222. The van der Waals surface area contributed by atoms with Crippen molar-refractivity contribution in [2.75, 3.05) is 13.1 Å². The number of likely N-dealkylation sites (tertiary alicyclic amines) is 1. The fourth-order valence-electron chi connectivity index (χ4n) is 3.07. The van der Waals surface area contributed by atoms with E-state index < -0.39 is 0 Å². The summed E-state index contributed by atoms with van der Waals surface area (Å²) in [5.41, 5.74) is 2.07. The van der Waals surface area contributed by atoms with Crippen molar-refractivity contribution >= 4 is 11.8 Å².